The Labute approximate surface area is 208 Å². The predicted molar refractivity (Wildman–Crippen MR) is 137 cm³/mol. The number of rotatable bonds is 12. The second-order valence-electron chi connectivity index (χ2n) is 9.09. The summed E-state index contributed by atoms with van der Waals surface area (Å²) >= 11 is 0. The van der Waals surface area contributed by atoms with E-state index >= 15 is 0 Å². The van der Waals surface area contributed by atoms with Crippen molar-refractivity contribution in [3.05, 3.63) is 59.9 Å². The Morgan fingerprint density at radius 3 is 2.31 bits per heavy atom. The first-order valence-corrected chi connectivity index (χ1v) is 12.7. The molecule has 2 amide bonds. The average molecular weight is 484 g/mol. The van der Waals surface area contributed by atoms with E-state index in [0.717, 1.165) is 44.5 Å². The van der Waals surface area contributed by atoms with Crippen LogP contribution in [-0.4, -0.2) is 50.0 Å². The first kappa shape index (κ1) is 26.7. The molecule has 0 saturated carbocycles. The van der Waals surface area contributed by atoms with Crippen LogP contribution in [0.1, 0.15) is 57.6 Å². The highest BCUT2D eigenvalue weighted by molar-refractivity contribution is 5.97. The van der Waals surface area contributed by atoms with Crippen molar-refractivity contribution in [1.82, 2.24) is 10.2 Å². The van der Waals surface area contributed by atoms with Crippen LogP contribution in [0, 0.1) is 11.7 Å². The summed E-state index contributed by atoms with van der Waals surface area (Å²) in [4.78, 5) is 30.6. The quantitative estimate of drug-likeness (QED) is 0.434. The number of nitrogens with zero attached hydrogens (tertiary/aromatic N) is 2. The number of methoxy groups -OCH3 is 1. The summed E-state index contributed by atoms with van der Waals surface area (Å²) in [5.74, 6) is -0.212. The second kappa shape index (κ2) is 13.2. The van der Waals surface area contributed by atoms with Gasteiger partial charge in [0.25, 0.3) is 0 Å². The third-order valence-corrected chi connectivity index (χ3v) is 6.53. The van der Waals surface area contributed by atoms with Crippen molar-refractivity contribution in [2.45, 2.75) is 52.0 Å². The molecule has 2 aromatic carbocycles. The molecule has 7 heteroatoms. The number of halogens is 1. The zero-order valence-corrected chi connectivity index (χ0v) is 21.1. The van der Waals surface area contributed by atoms with E-state index in [1.54, 1.807) is 36.3 Å². The summed E-state index contributed by atoms with van der Waals surface area (Å²) < 4.78 is 18.9. The van der Waals surface area contributed by atoms with Crippen molar-refractivity contribution < 1.29 is 18.7 Å². The van der Waals surface area contributed by atoms with Gasteiger partial charge in [-0.25, -0.2) is 4.39 Å². The maximum atomic E-state index is 13.7. The first-order valence-electron chi connectivity index (χ1n) is 12.7. The van der Waals surface area contributed by atoms with Crippen LogP contribution in [-0.2, 0) is 9.59 Å². The van der Waals surface area contributed by atoms with Gasteiger partial charge in [0.1, 0.15) is 11.6 Å². The van der Waals surface area contributed by atoms with Crippen LogP contribution in [0.4, 0.5) is 10.1 Å². The lowest BCUT2D eigenvalue weighted by Gasteiger charge is -2.41. The lowest BCUT2D eigenvalue weighted by molar-refractivity contribution is -0.129. The first-order chi connectivity index (χ1) is 17.0. The van der Waals surface area contributed by atoms with E-state index in [1.807, 2.05) is 12.1 Å². The van der Waals surface area contributed by atoms with Gasteiger partial charge in [0, 0.05) is 18.7 Å². The zero-order valence-electron chi connectivity index (χ0n) is 21.1. The fourth-order valence-corrected chi connectivity index (χ4v) is 4.87. The lowest BCUT2D eigenvalue weighted by atomic mass is 9.83. The molecule has 35 heavy (non-hydrogen) atoms. The molecule has 1 aliphatic heterocycles. The smallest absolute Gasteiger partial charge is 0.227 e. The number of piperidine rings is 1. The number of anilines is 1. The van der Waals surface area contributed by atoms with Crippen molar-refractivity contribution in [1.29, 1.82) is 0 Å². The number of amides is 2. The molecule has 2 atom stereocenters. The number of carbonyl (C=O) groups excluding carboxylic acids is 2. The van der Waals surface area contributed by atoms with Gasteiger partial charge >= 0.3 is 0 Å². The topological polar surface area (TPSA) is 61.9 Å². The maximum absolute atomic E-state index is 13.7. The van der Waals surface area contributed by atoms with Gasteiger partial charge in [-0.05, 0) is 87.3 Å². The Kier molecular flexibility index (Phi) is 10.1. The van der Waals surface area contributed by atoms with E-state index in [2.05, 4.69) is 24.1 Å². The maximum Gasteiger partial charge on any atom is 0.227 e. The largest absolute Gasteiger partial charge is 0.497 e. The SMILES string of the molecule is CCCN(CCC)CCCNC(=O)[C@H]1CCC(=O)N(c2ccc(OC)cc2)[C@H]1c1ccc(F)cc1. The third-order valence-electron chi connectivity index (χ3n) is 6.53. The zero-order chi connectivity index (χ0) is 25.2. The van der Waals surface area contributed by atoms with Crippen molar-refractivity contribution in [2.75, 3.05) is 38.2 Å². The molecule has 0 spiro atoms. The van der Waals surface area contributed by atoms with E-state index in [4.69, 9.17) is 4.74 Å². The molecule has 1 fully saturated rings. The molecule has 1 N–H and O–H groups in total. The summed E-state index contributed by atoms with van der Waals surface area (Å²) in [6.45, 7) is 8.03. The standard InChI is InChI=1S/C28H38FN3O3/c1-4-18-31(19-5-2)20-6-17-30-28(34)25-15-16-26(33)32(23-11-13-24(35-3)14-12-23)27(25)21-7-9-22(29)10-8-21/h7-14,25,27H,4-6,15-20H2,1-3H3,(H,30,34)/t25-,27-/m0/s1. The minimum atomic E-state index is -0.512. The molecule has 0 unspecified atom stereocenters. The molecule has 1 aliphatic rings. The van der Waals surface area contributed by atoms with Crippen LogP contribution in [0.3, 0.4) is 0 Å². The summed E-state index contributed by atoms with van der Waals surface area (Å²) in [5, 5.41) is 3.11. The molecule has 2 aromatic rings. The Hall–Kier alpha value is -2.93. The van der Waals surface area contributed by atoms with Crippen LogP contribution in [0.25, 0.3) is 0 Å². The minimum absolute atomic E-state index is 0.0525. The van der Waals surface area contributed by atoms with E-state index in [0.29, 0.717) is 24.4 Å². The van der Waals surface area contributed by atoms with E-state index in [9.17, 15) is 14.0 Å². The molecule has 0 aliphatic carbocycles. The fourth-order valence-electron chi connectivity index (χ4n) is 4.87. The summed E-state index contributed by atoms with van der Waals surface area (Å²) in [6, 6.07) is 12.8. The van der Waals surface area contributed by atoms with Crippen molar-refractivity contribution in [3.8, 4) is 5.75 Å². The van der Waals surface area contributed by atoms with Crippen LogP contribution >= 0.6 is 0 Å². The summed E-state index contributed by atoms with van der Waals surface area (Å²) in [6.07, 6.45) is 3.84. The number of carbonyl (C=O) groups is 2. The molecule has 1 heterocycles. The molecule has 1 saturated heterocycles. The van der Waals surface area contributed by atoms with Gasteiger partial charge in [-0.1, -0.05) is 26.0 Å². The van der Waals surface area contributed by atoms with Crippen molar-refractivity contribution in [2.24, 2.45) is 5.92 Å². The summed E-state index contributed by atoms with van der Waals surface area (Å²) in [5.41, 5.74) is 1.44. The number of hydrogen-bond donors (Lipinski definition) is 1. The Bertz CT molecular complexity index is 943. The van der Waals surface area contributed by atoms with Crippen LogP contribution in [0.5, 0.6) is 5.75 Å². The fraction of sp³-hybridized carbons (Fsp3) is 0.500. The Balaban J connectivity index is 1.78. The highest BCUT2D eigenvalue weighted by Gasteiger charge is 2.41. The third kappa shape index (κ3) is 7.04. The van der Waals surface area contributed by atoms with Gasteiger partial charge in [0.15, 0.2) is 0 Å². The Morgan fingerprint density at radius 2 is 1.71 bits per heavy atom. The minimum Gasteiger partial charge on any atom is -0.497 e. The highest BCUT2D eigenvalue weighted by atomic mass is 19.1. The molecule has 190 valence electrons. The lowest BCUT2D eigenvalue weighted by Crippen LogP contribution is -2.48. The van der Waals surface area contributed by atoms with Crippen LogP contribution in [0.15, 0.2) is 48.5 Å². The van der Waals surface area contributed by atoms with Gasteiger partial charge in [-0.2, -0.15) is 0 Å². The number of ether oxygens (including phenoxy) is 1. The van der Waals surface area contributed by atoms with Gasteiger partial charge < -0.3 is 19.9 Å². The second-order valence-corrected chi connectivity index (χ2v) is 9.09. The highest BCUT2D eigenvalue weighted by Crippen LogP contribution is 2.40. The molecule has 0 radical (unpaired) electrons. The number of hydrogen-bond acceptors (Lipinski definition) is 4. The molecule has 0 aromatic heterocycles. The Morgan fingerprint density at radius 1 is 1.06 bits per heavy atom. The van der Waals surface area contributed by atoms with Gasteiger partial charge in [0.05, 0.1) is 19.1 Å². The summed E-state index contributed by atoms with van der Waals surface area (Å²) in [7, 11) is 1.59. The number of benzene rings is 2. The monoisotopic (exact) mass is 483 g/mol. The van der Waals surface area contributed by atoms with Gasteiger partial charge in [0.2, 0.25) is 11.8 Å². The molecule has 0 bridgehead atoms. The molecule has 6 nitrogen and oxygen atoms in total. The van der Waals surface area contributed by atoms with Crippen LogP contribution in [0.2, 0.25) is 0 Å². The molecule has 3 rings (SSSR count). The van der Waals surface area contributed by atoms with Crippen molar-refractivity contribution >= 4 is 17.5 Å². The normalized spacial score (nSPS) is 18.1. The van der Waals surface area contributed by atoms with E-state index < -0.39 is 12.0 Å². The van der Waals surface area contributed by atoms with E-state index in [-0.39, 0.29) is 24.1 Å². The van der Waals surface area contributed by atoms with Gasteiger partial charge in [-0.15, -0.1) is 0 Å². The predicted octanol–water partition coefficient (Wildman–Crippen LogP) is 4.95. The molecular weight excluding hydrogens is 445 g/mol. The average Bonchev–Trinajstić information content (AvgIpc) is 2.87. The molecular formula is C28H38FN3O3. The van der Waals surface area contributed by atoms with E-state index in [1.165, 1.54) is 12.1 Å². The van der Waals surface area contributed by atoms with Crippen molar-refractivity contribution in [3.63, 3.8) is 0 Å². The van der Waals surface area contributed by atoms with Crippen LogP contribution < -0.4 is 15.0 Å². The number of nitrogens with one attached hydrogen (secondary N) is 1. The van der Waals surface area contributed by atoms with Gasteiger partial charge in [-0.3, -0.25) is 9.59 Å².